The van der Waals surface area contributed by atoms with Gasteiger partial charge in [-0.2, -0.15) is 0 Å². The quantitative estimate of drug-likeness (QED) is 0.792. The first-order valence-electron chi connectivity index (χ1n) is 6.41. The van der Waals surface area contributed by atoms with Gasteiger partial charge < -0.3 is 10.6 Å². The van der Waals surface area contributed by atoms with E-state index in [0.717, 1.165) is 25.4 Å². The van der Waals surface area contributed by atoms with E-state index in [1.807, 2.05) is 0 Å². The molecule has 1 aliphatic heterocycles. The number of benzene rings is 1. The average molecular weight is 301 g/mol. The number of thioether (sulfide) groups is 1. The highest BCUT2D eigenvalue weighted by Gasteiger charge is 2.16. The van der Waals surface area contributed by atoms with Crippen molar-refractivity contribution in [1.29, 1.82) is 0 Å². The summed E-state index contributed by atoms with van der Waals surface area (Å²) in [6.45, 7) is 4.98. The lowest BCUT2D eigenvalue weighted by Crippen LogP contribution is -2.48. The smallest absolute Gasteiger partial charge is 0.220 e. The number of rotatable bonds is 6. The highest BCUT2D eigenvalue weighted by atomic mass is 35.5. The van der Waals surface area contributed by atoms with Crippen molar-refractivity contribution in [2.75, 3.05) is 25.4 Å². The van der Waals surface area contributed by atoms with Gasteiger partial charge in [0.15, 0.2) is 0 Å². The summed E-state index contributed by atoms with van der Waals surface area (Å²) >= 11 is 1.74. The van der Waals surface area contributed by atoms with E-state index in [9.17, 15) is 4.79 Å². The maximum absolute atomic E-state index is 11.6. The van der Waals surface area contributed by atoms with E-state index in [1.165, 1.54) is 10.5 Å². The molecule has 2 rings (SSSR count). The molecule has 0 atom stereocenters. The van der Waals surface area contributed by atoms with Crippen LogP contribution in [0.15, 0.2) is 29.2 Å². The van der Waals surface area contributed by atoms with Gasteiger partial charge in [0.25, 0.3) is 0 Å². The van der Waals surface area contributed by atoms with Crippen LogP contribution in [0.2, 0.25) is 0 Å². The Hall–Kier alpha value is -0.710. The number of halogens is 1. The number of aryl methyl sites for hydroxylation is 1. The molecule has 0 spiro atoms. The first-order chi connectivity index (χ1) is 8.74. The molecule has 0 radical (unpaired) electrons. The second-order valence-electron chi connectivity index (χ2n) is 4.74. The molecule has 0 unspecified atom stereocenters. The Morgan fingerprint density at radius 2 is 2.05 bits per heavy atom. The summed E-state index contributed by atoms with van der Waals surface area (Å²) in [4.78, 5) is 12.8. The first-order valence-corrected chi connectivity index (χ1v) is 7.39. The van der Waals surface area contributed by atoms with E-state index in [2.05, 4.69) is 41.8 Å². The van der Waals surface area contributed by atoms with Gasteiger partial charge in [-0.05, 0) is 19.1 Å². The molecule has 2 N–H and O–H groups in total. The van der Waals surface area contributed by atoms with Crippen molar-refractivity contribution in [3.63, 3.8) is 0 Å². The van der Waals surface area contributed by atoms with Crippen molar-refractivity contribution in [3.8, 4) is 0 Å². The van der Waals surface area contributed by atoms with Crippen LogP contribution in [0.4, 0.5) is 0 Å². The molecule has 0 saturated carbocycles. The molecule has 1 aliphatic rings. The maximum atomic E-state index is 11.6. The van der Waals surface area contributed by atoms with Gasteiger partial charge in [-0.3, -0.25) is 4.79 Å². The molecule has 5 heteroatoms. The fraction of sp³-hybridized carbons (Fsp3) is 0.500. The van der Waals surface area contributed by atoms with E-state index in [0.29, 0.717) is 12.3 Å². The minimum atomic E-state index is 0. The summed E-state index contributed by atoms with van der Waals surface area (Å²) in [5.74, 6) is 1.65. The number of carbonyl (C=O) groups excluding carboxylic acids is 1. The summed E-state index contributed by atoms with van der Waals surface area (Å²) in [5, 5.41) is 6.19. The van der Waals surface area contributed by atoms with Crippen molar-refractivity contribution in [1.82, 2.24) is 10.6 Å². The lowest BCUT2D eigenvalue weighted by Gasteiger charge is -2.27. The third-order valence-electron chi connectivity index (χ3n) is 3.07. The van der Waals surface area contributed by atoms with Crippen LogP contribution in [0.25, 0.3) is 0 Å². The van der Waals surface area contributed by atoms with Gasteiger partial charge in [0, 0.05) is 42.6 Å². The molecule has 1 aromatic rings. The Morgan fingerprint density at radius 1 is 1.37 bits per heavy atom. The van der Waals surface area contributed by atoms with Gasteiger partial charge in [0.05, 0.1) is 0 Å². The zero-order valence-corrected chi connectivity index (χ0v) is 12.8. The van der Waals surface area contributed by atoms with Crippen molar-refractivity contribution in [3.05, 3.63) is 29.8 Å². The van der Waals surface area contributed by atoms with Crippen LogP contribution in [0.1, 0.15) is 12.0 Å². The standard InChI is InChI=1S/C14H20N2OS.ClH/c1-11-2-4-13(5-3-11)18-7-6-14(17)16-10-12-8-15-9-12;/h2-5,12,15H,6-10H2,1H3,(H,16,17);1H. The zero-order valence-electron chi connectivity index (χ0n) is 11.1. The van der Waals surface area contributed by atoms with Crippen molar-refractivity contribution >= 4 is 30.1 Å². The van der Waals surface area contributed by atoms with Crippen molar-refractivity contribution in [2.24, 2.45) is 5.92 Å². The Balaban J connectivity index is 0.00000180. The predicted octanol–water partition coefficient (Wildman–Crippen LogP) is 2.23. The molecule has 0 aliphatic carbocycles. The number of carbonyl (C=O) groups is 1. The van der Waals surface area contributed by atoms with Crippen LogP contribution in [0, 0.1) is 12.8 Å². The fourth-order valence-corrected chi connectivity index (χ4v) is 2.59. The minimum Gasteiger partial charge on any atom is -0.356 e. The summed E-state index contributed by atoms with van der Waals surface area (Å²) < 4.78 is 0. The van der Waals surface area contributed by atoms with E-state index in [1.54, 1.807) is 11.8 Å². The molecule has 3 nitrogen and oxygen atoms in total. The van der Waals surface area contributed by atoms with Crippen LogP contribution in [-0.4, -0.2) is 31.3 Å². The summed E-state index contributed by atoms with van der Waals surface area (Å²) in [6.07, 6.45) is 0.596. The fourth-order valence-electron chi connectivity index (χ4n) is 1.74. The van der Waals surface area contributed by atoms with Crippen LogP contribution in [0.3, 0.4) is 0 Å². The van der Waals surface area contributed by atoms with Crippen LogP contribution in [0.5, 0.6) is 0 Å². The molecular formula is C14H21ClN2OS. The Bertz CT molecular complexity index is 393. The third kappa shape index (κ3) is 5.85. The number of nitrogens with one attached hydrogen (secondary N) is 2. The third-order valence-corrected chi connectivity index (χ3v) is 4.09. The second-order valence-corrected chi connectivity index (χ2v) is 5.91. The van der Waals surface area contributed by atoms with Gasteiger partial charge in [-0.15, -0.1) is 24.2 Å². The largest absolute Gasteiger partial charge is 0.356 e. The normalized spacial score (nSPS) is 14.4. The maximum Gasteiger partial charge on any atom is 0.220 e. The zero-order chi connectivity index (χ0) is 12.8. The Morgan fingerprint density at radius 3 is 2.63 bits per heavy atom. The van der Waals surface area contributed by atoms with Gasteiger partial charge >= 0.3 is 0 Å². The molecule has 0 aromatic heterocycles. The van der Waals surface area contributed by atoms with Gasteiger partial charge in [-0.1, -0.05) is 17.7 Å². The molecule has 1 saturated heterocycles. The van der Waals surface area contributed by atoms with Gasteiger partial charge in [0.2, 0.25) is 5.91 Å². The SMILES string of the molecule is Cc1ccc(SCCC(=O)NCC2CNC2)cc1.Cl. The molecule has 1 heterocycles. The summed E-state index contributed by atoms with van der Waals surface area (Å²) in [5.41, 5.74) is 1.27. The van der Waals surface area contributed by atoms with E-state index in [4.69, 9.17) is 0 Å². The molecular weight excluding hydrogens is 280 g/mol. The second kappa shape index (κ2) is 8.46. The van der Waals surface area contributed by atoms with Crippen molar-refractivity contribution < 1.29 is 4.79 Å². The highest BCUT2D eigenvalue weighted by molar-refractivity contribution is 7.99. The molecule has 19 heavy (non-hydrogen) atoms. The molecule has 1 amide bonds. The highest BCUT2D eigenvalue weighted by Crippen LogP contribution is 2.18. The van der Waals surface area contributed by atoms with E-state index >= 15 is 0 Å². The average Bonchev–Trinajstić information content (AvgIpc) is 2.30. The Labute approximate surface area is 125 Å². The lowest BCUT2D eigenvalue weighted by atomic mass is 10.0. The Kier molecular flexibility index (Phi) is 7.28. The number of hydrogen-bond acceptors (Lipinski definition) is 3. The molecule has 1 fully saturated rings. The first kappa shape index (κ1) is 16.3. The van der Waals surface area contributed by atoms with Crippen LogP contribution >= 0.6 is 24.2 Å². The molecule has 1 aromatic carbocycles. The van der Waals surface area contributed by atoms with Crippen LogP contribution in [-0.2, 0) is 4.79 Å². The minimum absolute atomic E-state index is 0. The number of hydrogen-bond donors (Lipinski definition) is 2. The van der Waals surface area contributed by atoms with E-state index in [-0.39, 0.29) is 18.3 Å². The van der Waals surface area contributed by atoms with E-state index < -0.39 is 0 Å². The topological polar surface area (TPSA) is 41.1 Å². The van der Waals surface area contributed by atoms with Crippen LogP contribution < -0.4 is 10.6 Å². The summed E-state index contributed by atoms with van der Waals surface area (Å²) in [7, 11) is 0. The monoisotopic (exact) mass is 300 g/mol. The molecule has 106 valence electrons. The van der Waals surface area contributed by atoms with Crippen molar-refractivity contribution in [2.45, 2.75) is 18.2 Å². The number of amides is 1. The lowest BCUT2D eigenvalue weighted by molar-refractivity contribution is -0.120. The summed E-state index contributed by atoms with van der Waals surface area (Å²) in [6, 6.07) is 8.42. The van der Waals surface area contributed by atoms with Gasteiger partial charge in [0.1, 0.15) is 0 Å². The predicted molar refractivity (Wildman–Crippen MR) is 83.1 cm³/mol. The molecule has 0 bridgehead atoms. The van der Waals surface area contributed by atoms with Gasteiger partial charge in [-0.25, -0.2) is 0 Å².